The summed E-state index contributed by atoms with van der Waals surface area (Å²) in [6, 6.07) is 3.49. The van der Waals surface area contributed by atoms with Crippen LogP contribution in [0.3, 0.4) is 0 Å². The lowest BCUT2D eigenvalue weighted by molar-refractivity contribution is 0.281. The highest BCUT2D eigenvalue weighted by Crippen LogP contribution is 2.20. The number of pyridine rings is 1. The van der Waals surface area contributed by atoms with Gasteiger partial charge in [0.2, 0.25) is 0 Å². The van der Waals surface area contributed by atoms with Crippen LogP contribution >= 0.6 is 0 Å². The van der Waals surface area contributed by atoms with E-state index in [0.717, 1.165) is 37.3 Å². The maximum absolute atomic E-state index is 11.9. The van der Waals surface area contributed by atoms with Crippen molar-refractivity contribution in [1.82, 2.24) is 9.88 Å². The number of fused-ring (bicyclic) bond motifs is 1. The van der Waals surface area contributed by atoms with E-state index in [1.807, 2.05) is 10.6 Å². The fourth-order valence-electron chi connectivity index (χ4n) is 2.27. The zero-order valence-electron chi connectivity index (χ0n) is 9.57. The third kappa shape index (κ3) is 2.03. The fourth-order valence-corrected chi connectivity index (χ4v) is 2.27. The lowest BCUT2D eigenvalue weighted by Crippen LogP contribution is -2.25. The Kier molecular flexibility index (Phi) is 3.41. The maximum atomic E-state index is 11.9. The van der Waals surface area contributed by atoms with Gasteiger partial charge in [0.1, 0.15) is 0 Å². The number of hydrogen-bond donors (Lipinski definition) is 2. The minimum absolute atomic E-state index is 0.00343. The third-order valence-corrected chi connectivity index (χ3v) is 3.22. The van der Waals surface area contributed by atoms with Gasteiger partial charge in [-0.15, -0.1) is 0 Å². The predicted octanol–water partition coefficient (Wildman–Crippen LogP) is 0.437. The van der Waals surface area contributed by atoms with E-state index in [1.165, 1.54) is 6.07 Å². The number of aliphatic hydroxyl groups excluding tert-OH is 1. The lowest BCUT2D eigenvalue weighted by atomic mass is 10.00. The summed E-state index contributed by atoms with van der Waals surface area (Å²) in [5, 5.41) is 12.5. The van der Waals surface area contributed by atoms with Crippen LogP contribution in [0.1, 0.15) is 30.5 Å². The summed E-state index contributed by atoms with van der Waals surface area (Å²) in [5.74, 6) is 0.363. The van der Waals surface area contributed by atoms with Gasteiger partial charge in [-0.2, -0.15) is 0 Å². The van der Waals surface area contributed by atoms with E-state index in [4.69, 9.17) is 5.11 Å². The molecule has 0 bridgehead atoms. The van der Waals surface area contributed by atoms with Crippen molar-refractivity contribution in [1.29, 1.82) is 0 Å². The average molecular weight is 222 g/mol. The van der Waals surface area contributed by atoms with Gasteiger partial charge < -0.3 is 15.0 Å². The van der Waals surface area contributed by atoms with Crippen molar-refractivity contribution in [2.24, 2.45) is 0 Å². The molecule has 4 nitrogen and oxygen atoms in total. The SMILES string of the molecule is CCC1CNCCn2c1cc(CO)cc2=O. The first-order chi connectivity index (χ1) is 7.76. The average Bonchev–Trinajstić information content (AvgIpc) is 2.51. The van der Waals surface area contributed by atoms with Gasteiger partial charge in [0.05, 0.1) is 6.61 Å². The highest BCUT2D eigenvalue weighted by Gasteiger charge is 2.18. The van der Waals surface area contributed by atoms with Crippen LogP contribution < -0.4 is 10.9 Å². The van der Waals surface area contributed by atoms with Crippen molar-refractivity contribution in [2.45, 2.75) is 32.4 Å². The fraction of sp³-hybridized carbons (Fsp3) is 0.583. The topological polar surface area (TPSA) is 54.3 Å². The molecule has 0 saturated carbocycles. The van der Waals surface area contributed by atoms with Crippen LogP contribution in [-0.2, 0) is 13.2 Å². The first-order valence-electron chi connectivity index (χ1n) is 5.81. The Morgan fingerprint density at radius 2 is 2.38 bits per heavy atom. The molecule has 2 N–H and O–H groups in total. The Morgan fingerprint density at radius 1 is 1.56 bits per heavy atom. The Labute approximate surface area is 94.9 Å². The van der Waals surface area contributed by atoms with Gasteiger partial charge in [-0.05, 0) is 18.1 Å². The summed E-state index contributed by atoms with van der Waals surface area (Å²) in [5.41, 5.74) is 1.78. The number of nitrogens with zero attached hydrogens (tertiary/aromatic N) is 1. The molecule has 0 spiro atoms. The summed E-state index contributed by atoms with van der Waals surface area (Å²) >= 11 is 0. The Bertz CT molecular complexity index is 426. The van der Waals surface area contributed by atoms with E-state index in [-0.39, 0.29) is 12.2 Å². The molecule has 0 saturated heterocycles. The zero-order chi connectivity index (χ0) is 11.5. The largest absolute Gasteiger partial charge is 0.392 e. The van der Waals surface area contributed by atoms with Crippen LogP contribution in [0.25, 0.3) is 0 Å². The normalized spacial score (nSPS) is 20.2. The Hall–Kier alpha value is -1.13. The van der Waals surface area contributed by atoms with Crippen LogP contribution in [0, 0.1) is 0 Å². The van der Waals surface area contributed by atoms with Gasteiger partial charge >= 0.3 is 0 Å². The van der Waals surface area contributed by atoms with Crippen LogP contribution in [0.5, 0.6) is 0 Å². The van der Waals surface area contributed by atoms with Gasteiger partial charge in [0.15, 0.2) is 0 Å². The molecule has 16 heavy (non-hydrogen) atoms. The molecule has 2 rings (SSSR count). The minimum atomic E-state index is -0.0626. The van der Waals surface area contributed by atoms with E-state index >= 15 is 0 Å². The van der Waals surface area contributed by atoms with Crippen LogP contribution in [0.2, 0.25) is 0 Å². The van der Waals surface area contributed by atoms with Crippen molar-refractivity contribution in [3.63, 3.8) is 0 Å². The molecule has 1 aromatic heterocycles. The first-order valence-corrected chi connectivity index (χ1v) is 5.81. The summed E-state index contributed by atoms with van der Waals surface area (Å²) in [7, 11) is 0. The van der Waals surface area contributed by atoms with Crippen LogP contribution in [-0.4, -0.2) is 22.8 Å². The van der Waals surface area contributed by atoms with E-state index in [0.29, 0.717) is 5.92 Å². The third-order valence-electron chi connectivity index (χ3n) is 3.22. The summed E-state index contributed by atoms with van der Waals surface area (Å²) in [4.78, 5) is 11.9. The number of nitrogens with one attached hydrogen (secondary N) is 1. The second-order valence-corrected chi connectivity index (χ2v) is 4.25. The Balaban J connectivity index is 2.53. The molecule has 0 amide bonds. The van der Waals surface area contributed by atoms with Gasteiger partial charge in [-0.1, -0.05) is 6.92 Å². The van der Waals surface area contributed by atoms with Crippen molar-refractivity contribution in [3.8, 4) is 0 Å². The molecule has 1 aliphatic rings. The van der Waals surface area contributed by atoms with E-state index in [1.54, 1.807) is 0 Å². The Morgan fingerprint density at radius 3 is 3.06 bits per heavy atom. The van der Waals surface area contributed by atoms with Gasteiger partial charge in [-0.3, -0.25) is 4.79 Å². The summed E-state index contributed by atoms with van der Waals surface area (Å²) in [6.07, 6.45) is 1.00. The molecule has 0 radical (unpaired) electrons. The standard InChI is InChI=1S/C12H18N2O2/c1-2-10-7-13-3-4-14-11(10)5-9(8-15)6-12(14)16/h5-6,10,13,15H,2-4,7-8H2,1H3. The van der Waals surface area contributed by atoms with Gasteiger partial charge in [-0.25, -0.2) is 0 Å². The van der Waals surface area contributed by atoms with Gasteiger partial charge in [0.25, 0.3) is 5.56 Å². The second-order valence-electron chi connectivity index (χ2n) is 4.25. The molecule has 4 heteroatoms. The number of aliphatic hydroxyl groups is 1. The summed E-state index contributed by atoms with van der Waals surface area (Å²) < 4.78 is 1.83. The number of aromatic nitrogens is 1. The molecule has 88 valence electrons. The molecular formula is C12H18N2O2. The first kappa shape index (κ1) is 11.4. The number of hydrogen-bond acceptors (Lipinski definition) is 3. The molecule has 2 heterocycles. The zero-order valence-corrected chi connectivity index (χ0v) is 9.57. The van der Waals surface area contributed by atoms with Crippen molar-refractivity contribution in [2.75, 3.05) is 13.1 Å². The molecule has 0 aliphatic carbocycles. The molecular weight excluding hydrogens is 204 g/mol. The predicted molar refractivity (Wildman–Crippen MR) is 62.5 cm³/mol. The molecule has 1 unspecified atom stereocenters. The highest BCUT2D eigenvalue weighted by molar-refractivity contribution is 5.21. The van der Waals surface area contributed by atoms with Crippen molar-refractivity contribution < 1.29 is 5.11 Å². The smallest absolute Gasteiger partial charge is 0.251 e. The van der Waals surface area contributed by atoms with Crippen molar-refractivity contribution in [3.05, 3.63) is 33.7 Å². The molecule has 1 aromatic rings. The van der Waals surface area contributed by atoms with Crippen LogP contribution in [0.4, 0.5) is 0 Å². The minimum Gasteiger partial charge on any atom is -0.392 e. The molecule has 0 aromatic carbocycles. The van der Waals surface area contributed by atoms with Gasteiger partial charge in [0, 0.05) is 37.3 Å². The molecule has 1 atom stereocenters. The van der Waals surface area contributed by atoms with E-state index < -0.39 is 0 Å². The van der Waals surface area contributed by atoms with Crippen LogP contribution in [0.15, 0.2) is 16.9 Å². The molecule has 0 fully saturated rings. The number of rotatable bonds is 2. The summed E-state index contributed by atoms with van der Waals surface area (Å²) in [6.45, 7) is 4.52. The quantitative estimate of drug-likeness (QED) is 0.763. The van der Waals surface area contributed by atoms with Crippen molar-refractivity contribution >= 4 is 0 Å². The van der Waals surface area contributed by atoms with E-state index in [2.05, 4.69) is 12.2 Å². The second kappa shape index (κ2) is 4.80. The highest BCUT2D eigenvalue weighted by atomic mass is 16.3. The van der Waals surface area contributed by atoms with E-state index in [9.17, 15) is 4.79 Å². The molecule has 1 aliphatic heterocycles. The monoisotopic (exact) mass is 222 g/mol. The maximum Gasteiger partial charge on any atom is 0.251 e. The lowest BCUT2D eigenvalue weighted by Gasteiger charge is -2.17.